The van der Waals surface area contributed by atoms with Crippen molar-refractivity contribution >= 4 is 45.2 Å². The highest BCUT2D eigenvalue weighted by molar-refractivity contribution is 7.70. The van der Waals surface area contributed by atoms with Crippen LogP contribution in [-0.4, -0.2) is 64.2 Å². The fraction of sp³-hybridized carbons (Fsp3) is 0.467. The van der Waals surface area contributed by atoms with Crippen LogP contribution in [0.15, 0.2) is 36.4 Å². The molecule has 1 aromatic heterocycles. The van der Waals surface area contributed by atoms with Crippen molar-refractivity contribution in [3.05, 3.63) is 46.8 Å². The van der Waals surface area contributed by atoms with Crippen LogP contribution < -0.4 is 20.7 Å². The van der Waals surface area contributed by atoms with Crippen molar-refractivity contribution in [3.63, 3.8) is 0 Å². The van der Waals surface area contributed by atoms with Crippen molar-refractivity contribution < 1.29 is 26.6 Å². The highest BCUT2D eigenvalue weighted by atomic mass is 32.1. The molecule has 5 rings (SSSR count). The number of piperidine rings is 1. The molecule has 2 aliphatic rings. The summed E-state index contributed by atoms with van der Waals surface area (Å²) < 4.78 is 82.0. The van der Waals surface area contributed by atoms with Crippen LogP contribution in [-0.2, 0) is 11.0 Å². The topological polar surface area (TPSA) is 53.6 Å². The second-order valence-corrected chi connectivity index (χ2v) is 15.5. The quantitative estimate of drug-likeness (QED) is 0.239. The van der Waals surface area contributed by atoms with Crippen LogP contribution in [0.1, 0.15) is 33.8 Å². The molecule has 1 saturated heterocycles. The summed E-state index contributed by atoms with van der Waals surface area (Å²) in [6.45, 7) is 5.16. The van der Waals surface area contributed by atoms with Gasteiger partial charge in [-0.15, -0.1) is 11.3 Å². The standard InChI is InChI=1S/C30H35F3N3O2PS/c1-36-16-12-27(29(19-36)13-14-29)35-24-8-5-7-21-22(18-30(31,32)33)26(40-28(21)24)9-6-15-34-23-11-10-20(39(3,4)37)17-25(23)38-2/h5,7-8,10-11,17,27,34-35H,12-16,18-19H2,1-4H3/t27-/m1/s1/i2D3. The van der Waals surface area contributed by atoms with E-state index in [0.29, 0.717) is 21.3 Å². The van der Waals surface area contributed by atoms with E-state index in [1.807, 2.05) is 6.07 Å². The van der Waals surface area contributed by atoms with Gasteiger partial charge < -0.3 is 24.8 Å². The normalized spacial score (nSPS) is 20.2. The summed E-state index contributed by atoms with van der Waals surface area (Å²) in [6, 6.07) is 10.4. The molecule has 1 aliphatic heterocycles. The number of halogens is 3. The molecule has 1 aliphatic carbocycles. The minimum atomic E-state index is -4.40. The van der Waals surface area contributed by atoms with Gasteiger partial charge in [-0.1, -0.05) is 24.0 Å². The second kappa shape index (κ2) is 11.0. The Morgan fingerprint density at radius 2 is 2.05 bits per heavy atom. The van der Waals surface area contributed by atoms with E-state index in [1.54, 1.807) is 37.6 Å². The number of hydrogen-bond acceptors (Lipinski definition) is 6. The summed E-state index contributed by atoms with van der Waals surface area (Å²) in [5, 5.41) is 7.70. The molecule has 1 atom stereocenters. The molecule has 40 heavy (non-hydrogen) atoms. The van der Waals surface area contributed by atoms with E-state index in [4.69, 9.17) is 8.85 Å². The number of ether oxygens (including phenoxy) is 1. The zero-order valence-corrected chi connectivity index (χ0v) is 24.5. The maximum atomic E-state index is 13.7. The lowest BCUT2D eigenvalue weighted by Gasteiger charge is -2.38. The molecule has 2 heterocycles. The third-order valence-corrected chi connectivity index (χ3v) is 10.5. The number of anilines is 2. The molecule has 214 valence electrons. The van der Waals surface area contributed by atoms with Crippen LogP contribution in [0.2, 0.25) is 0 Å². The number of thiophene rings is 1. The number of hydrogen-bond donors (Lipinski definition) is 2. The number of rotatable bonds is 7. The van der Waals surface area contributed by atoms with E-state index >= 15 is 0 Å². The maximum Gasteiger partial charge on any atom is 0.393 e. The van der Waals surface area contributed by atoms with Gasteiger partial charge in [0.2, 0.25) is 0 Å². The third kappa shape index (κ3) is 6.30. The van der Waals surface area contributed by atoms with Crippen LogP contribution in [0.5, 0.6) is 5.75 Å². The smallest absolute Gasteiger partial charge is 0.393 e. The Morgan fingerprint density at radius 1 is 1.25 bits per heavy atom. The van der Waals surface area contributed by atoms with Gasteiger partial charge in [0.15, 0.2) is 0 Å². The van der Waals surface area contributed by atoms with Crippen LogP contribution in [0.25, 0.3) is 10.1 Å². The van der Waals surface area contributed by atoms with E-state index in [-0.39, 0.29) is 29.3 Å². The largest absolute Gasteiger partial charge is 0.495 e. The van der Waals surface area contributed by atoms with Crippen LogP contribution in [0.3, 0.4) is 0 Å². The fourth-order valence-electron chi connectivity index (χ4n) is 5.56. The molecule has 0 radical (unpaired) electrons. The Kier molecular flexibility index (Phi) is 6.87. The molecule has 2 aromatic carbocycles. The van der Waals surface area contributed by atoms with E-state index in [1.165, 1.54) is 17.4 Å². The van der Waals surface area contributed by atoms with Gasteiger partial charge in [-0.3, -0.25) is 0 Å². The molecule has 3 aromatic rings. The molecule has 2 N–H and O–H groups in total. The van der Waals surface area contributed by atoms with E-state index in [9.17, 15) is 17.7 Å². The number of likely N-dealkylation sites (tertiary alicyclic amines) is 1. The zero-order chi connectivity index (χ0) is 31.2. The number of nitrogens with zero attached hydrogens (tertiary/aromatic N) is 1. The predicted octanol–water partition coefficient (Wildman–Crippen LogP) is 6.62. The summed E-state index contributed by atoms with van der Waals surface area (Å²) in [7, 11) is -3.28. The lowest BCUT2D eigenvalue weighted by molar-refractivity contribution is -0.126. The molecule has 0 unspecified atom stereocenters. The third-order valence-electron chi connectivity index (χ3n) is 7.81. The molecule has 5 nitrogen and oxygen atoms in total. The van der Waals surface area contributed by atoms with Crippen molar-refractivity contribution in [2.24, 2.45) is 5.41 Å². The maximum absolute atomic E-state index is 13.7. The average Bonchev–Trinajstić information content (AvgIpc) is 3.56. The van der Waals surface area contributed by atoms with Gasteiger partial charge in [-0.2, -0.15) is 13.2 Å². The average molecular weight is 593 g/mol. The first-order valence-electron chi connectivity index (χ1n) is 14.7. The SMILES string of the molecule is [2H]C([2H])([2H])Oc1cc(P(C)(C)=O)ccc1NCC#Cc1sc2c(N[C@@H]3CCN(C)CC34CC4)cccc2c1CC(F)(F)F. The molecule has 1 spiro atoms. The molecule has 0 bridgehead atoms. The number of benzene rings is 2. The molecule has 0 amide bonds. The summed E-state index contributed by atoms with van der Waals surface area (Å²) in [5.74, 6) is 5.85. The van der Waals surface area contributed by atoms with Gasteiger partial charge in [0.05, 0.1) is 45.1 Å². The Morgan fingerprint density at radius 3 is 2.75 bits per heavy atom. The highest BCUT2D eigenvalue weighted by Gasteiger charge is 2.51. The van der Waals surface area contributed by atoms with Crippen LogP contribution in [0, 0.1) is 17.3 Å². The van der Waals surface area contributed by atoms with Gasteiger partial charge in [0, 0.05) is 23.3 Å². The molecule has 2 fully saturated rings. The monoisotopic (exact) mass is 592 g/mol. The van der Waals surface area contributed by atoms with Gasteiger partial charge in [-0.25, -0.2) is 0 Å². The predicted molar refractivity (Wildman–Crippen MR) is 160 cm³/mol. The number of fused-ring (bicyclic) bond motifs is 1. The first-order valence-corrected chi connectivity index (χ1v) is 16.6. The Labute approximate surface area is 242 Å². The second-order valence-electron chi connectivity index (χ2n) is 11.3. The summed E-state index contributed by atoms with van der Waals surface area (Å²) in [4.78, 5) is 2.69. The summed E-state index contributed by atoms with van der Waals surface area (Å²) >= 11 is 1.26. The Balaban J connectivity index is 1.42. The van der Waals surface area contributed by atoms with Crippen molar-refractivity contribution in [3.8, 4) is 17.6 Å². The molecular formula is C30H35F3N3O2PS. The number of methoxy groups -OCH3 is 1. The van der Waals surface area contributed by atoms with Gasteiger partial charge in [0.25, 0.3) is 0 Å². The number of nitrogens with one attached hydrogen (secondary N) is 2. The fourth-order valence-corrected chi connectivity index (χ4v) is 7.60. The molecule has 10 heteroatoms. The first-order chi connectivity index (χ1) is 20.0. The van der Waals surface area contributed by atoms with Crippen molar-refractivity contribution in [2.75, 3.05) is 57.7 Å². The lowest BCUT2D eigenvalue weighted by atomic mass is 9.89. The van der Waals surface area contributed by atoms with Gasteiger partial charge in [0.1, 0.15) is 12.9 Å². The number of alkyl halides is 3. The van der Waals surface area contributed by atoms with Gasteiger partial charge >= 0.3 is 6.18 Å². The minimum absolute atomic E-state index is 0.000838. The minimum Gasteiger partial charge on any atom is -0.495 e. The lowest BCUT2D eigenvalue weighted by Crippen LogP contribution is -2.46. The summed E-state index contributed by atoms with van der Waals surface area (Å²) in [5.41, 5.74) is 1.55. The Hall–Kier alpha value is -2.66. The first kappa shape index (κ1) is 25.1. The van der Waals surface area contributed by atoms with Crippen LogP contribution in [0.4, 0.5) is 24.5 Å². The van der Waals surface area contributed by atoms with Crippen LogP contribution >= 0.6 is 18.5 Å². The van der Waals surface area contributed by atoms with Crippen molar-refractivity contribution in [1.82, 2.24) is 4.90 Å². The van der Waals surface area contributed by atoms with Crippen molar-refractivity contribution in [2.45, 2.75) is 37.9 Å². The summed E-state index contributed by atoms with van der Waals surface area (Å²) in [6.07, 6.45) is -2.21. The van der Waals surface area contributed by atoms with E-state index < -0.39 is 26.8 Å². The van der Waals surface area contributed by atoms with Crippen molar-refractivity contribution in [1.29, 1.82) is 0 Å². The van der Waals surface area contributed by atoms with E-state index in [0.717, 1.165) is 42.7 Å². The highest BCUT2D eigenvalue weighted by Crippen LogP contribution is 2.53. The Bertz CT molecular complexity index is 1620. The zero-order valence-electron chi connectivity index (χ0n) is 25.7. The molecule has 1 saturated carbocycles. The molecular weight excluding hydrogens is 554 g/mol. The van der Waals surface area contributed by atoms with E-state index in [2.05, 4.69) is 34.4 Å². The van der Waals surface area contributed by atoms with Gasteiger partial charge in [-0.05, 0) is 81.4 Å².